The monoisotopic (exact) mass is 384 g/mol. The number of carbonyl (C=O) groups is 2. The second kappa shape index (κ2) is 7.14. The molecule has 0 unspecified atom stereocenters. The van der Waals surface area contributed by atoms with Crippen molar-refractivity contribution in [2.24, 2.45) is 0 Å². The fourth-order valence-electron chi connectivity index (χ4n) is 2.71. The van der Waals surface area contributed by atoms with Crippen LogP contribution in [0.15, 0.2) is 18.2 Å². The highest BCUT2D eigenvalue weighted by molar-refractivity contribution is 5.93. The Balaban J connectivity index is 2.20. The van der Waals surface area contributed by atoms with Crippen LogP contribution in [-0.4, -0.2) is 41.0 Å². The maximum atomic E-state index is 12.8. The van der Waals surface area contributed by atoms with Crippen LogP contribution < -0.4 is 5.32 Å². The summed E-state index contributed by atoms with van der Waals surface area (Å²) in [5, 5.41) is 11.0. The van der Waals surface area contributed by atoms with E-state index in [1.807, 2.05) is 5.32 Å². The van der Waals surface area contributed by atoms with E-state index < -0.39 is 53.6 Å². The summed E-state index contributed by atoms with van der Waals surface area (Å²) < 4.78 is 76.7. The van der Waals surface area contributed by atoms with Crippen molar-refractivity contribution in [2.45, 2.75) is 31.2 Å². The first-order valence-corrected chi connectivity index (χ1v) is 7.44. The number of alkyl halides is 6. The Morgan fingerprint density at radius 1 is 1.08 bits per heavy atom. The van der Waals surface area contributed by atoms with Crippen molar-refractivity contribution in [3.05, 3.63) is 29.3 Å². The number of carboxylic acid groups (broad SMARTS) is 1. The van der Waals surface area contributed by atoms with Gasteiger partial charge >= 0.3 is 18.3 Å². The van der Waals surface area contributed by atoms with E-state index in [1.54, 1.807) is 0 Å². The van der Waals surface area contributed by atoms with E-state index in [9.17, 15) is 35.9 Å². The van der Waals surface area contributed by atoms with E-state index in [2.05, 4.69) is 0 Å². The Kier molecular flexibility index (Phi) is 5.49. The molecule has 1 saturated heterocycles. The summed E-state index contributed by atoms with van der Waals surface area (Å²) in [5.41, 5.74) is -3.76. The van der Waals surface area contributed by atoms with Gasteiger partial charge in [-0.1, -0.05) is 0 Å². The number of carbonyl (C=O) groups excluding carboxylic acids is 1. The molecule has 0 radical (unpaired) electrons. The van der Waals surface area contributed by atoms with Gasteiger partial charge in [0.25, 0.3) is 0 Å². The first-order chi connectivity index (χ1) is 11.9. The predicted octanol–water partition coefficient (Wildman–Crippen LogP) is 3.21. The molecule has 2 rings (SSSR count). The van der Waals surface area contributed by atoms with Crippen LogP contribution in [0.5, 0.6) is 0 Å². The third-order valence-electron chi connectivity index (χ3n) is 3.87. The summed E-state index contributed by atoms with van der Waals surface area (Å²) in [7, 11) is 0. The Morgan fingerprint density at radius 3 is 2.08 bits per heavy atom. The molecular formula is C15H14F6N2O3. The number of hydrogen-bond donors (Lipinski definition) is 2. The number of nitrogens with zero attached hydrogens (tertiary/aromatic N) is 1. The molecule has 144 valence electrons. The minimum Gasteiger partial charge on any atom is -0.480 e. The molecule has 1 fully saturated rings. The van der Waals surface area contributed by atoms with Gasteiger partial charge in [-0.25, -0.2) is 0 Å². The zero-order chi connectivity index (χ0) is 19.7. The molecule has 1 aliphatic rings. The quantitative estimate of drug-likeness (QED) is 0.783. The molecule has 26 heavy (non-hydrogen) atoms. The van der Waals surface area contributed by atoms with Gasteiger partial charge in [0.05, 0.1) is 17.7 Å². The number of amides is 1. The predicted molar refractivity (Wildman–Crippen MR) is 77.3 cm³/mol. The van der Waals surface area contributed by atoms with Crippen molar-refractivity contribution in [3.63, 3.8) is 0 Å². The number of aliphatic carboxylic acids is 1. The maximum Gasteiger partial charge on any atom is 0.416 e. The SMILES string of the molecule is O=C(CN1CCC[C@@H]1C(=O)O)Nc1cc(C(F)(F)F)cc(C(F)(F)F)c1. The Labute approximate surface area is 143 Å². The molecule has 0 aliphatic carbocycles. The van der Waals surface area contributed by atoms with Gasteiger partial charge in [-0.3, -0.25) is 14.5 Å². The third-order valence-corrected chi connectivity index (χ3v) is 3.87. The van der Waals surface area contributed by atoms with Crippen LogP contribution in [0.4, 0.5) is 32.0 Å². The molecule has 0 bridgehead atoms. The van der Waals surface area contributed by atoms with Gasteiger partial charge in [0.2, 0.25) is 5.91 Å². The van der Waals surface area contributed by atoms with E-state index in [0.717, 1.165) is 0 Å². The summed E-state index contributed by atoms with van der Waals surface area (Å²) in [6, 6.07) is -0.165. The number of hydrogen-bond acceptors (Lipinski definition) is 3. The fraction of sp³-hybridized carbons (Fsp3) is 0.467. The van der Waals surface area contributed by atoms with Crippen molar-refractivity contribution in [1.29, 1.82) is 0 Å². The van der Waals surface area contributed by atoms with Crippen LogP contribution in [0.2, 0.25) is 0 Å². The van der Waals surface area contributed by atoms with E-state index >= 15 is 0 Å². The van der Waals surface area contributed by atoms with Crippen LogP contribution in [0.25, 0.3) is 0 Å². The van der Waals surface area contributed by atoms with Gasteiger partial charge in [0.1, 0.15) is 6.04 Å². The van der Waals surface area contributed by atoms with Crippen LogP contribution in [0.3, 0.4) is 0 Å². The molecule has 1 aliphatic heterocycles. The molecule has 1 heterocycles. The molecular weight excluding hydrogens is 370 g/mol. The van der Waals surface area contributed by atoms with Gasteiger partial charge in [0.15, 0.2) is 0 Å². The summed E-state index contributed by atoms with van der Waals surface area (Å²) in [5.74, 6) is -2.04. The van der Waals surface area contributed by atoms with Crippen molar-refractivity contribution < 1.29 is 41.0 Å². The lowest BCUT2D eigenvalue weighted by molar-refractivity contribution is -0.144. The van der Waals surface area contributed by atoms with E-state index in [4.69, 9.17) is 5.11 Å². The molecule has 1 aromatic carbocycles. The summed E-state index contributed by atoms with van der Waals surface area (Å²) in [6.07, 6.45) is -9.22. The number of likely N-dealkylation sites (tertiary alicyclic amines) is 1. The van der Waals surface area contributed by atoms with Gasteiger partial charge in [-0.05, 0) is 37.6 Å². The number of carboxylic acids is 1. The number of rotatable bonds is 4. The van der Waals surface area contributed by atoms with Crippen molar-refractivity contribution in [1.82, 2.24) is 4.90 Å². The van der Waals surface area contributed by atoms with Gasteiger partial charge in [0, 0.05) is 5.69 Å². The zero-order valence-corrected chi connectivity index (χ0v) is 13.1. The molecule has 0 spiro atoms. The highest BCUT2D eigenvalue weighted by atomic mass is 19.4. The summed E-state index contributed by atoms with van der Waals surface area (Å²) in [4.78, 5) is 24.3. The average molecular weight is 384 g/mol. The largest absolute Gasteiger partial charge is 0.480 e. The number of halogens is 6. The maximum absolute atomic E-state index is 12.8. The first-order valence-electron chi connectivity index (χ1n) is 7.44. The molecule has 1 amide bonds. The van der Waals surface area contributed by atoms with Gasteiger partial charge in [-0.2, -0.15) is 26.3 Å². The second-order valence-electron chi connectivity index (χ2n) is 5.81. The summed E-state index contributed by atoms with van der Waals surface area (Å²) in [6.45, 7) is -0.157. The lowest BCUT2D eigenvalue weighted by Crippen LogP contribution is -2.40. The lowest BCUT2D eigenvalue weighted by Gasteiger charge is -2.20. The smallest absolute Gasteiger partial charge is 0.416 e. The molecule has 5 nitrogen and oxygen atoms in total. The molecule has 0 aromatic heterocycles. The van der Waals surface area contributed by atoms with Crippen molar-refractivity contribution >= 4 is 17.6 Å². The average Bonchev–Trinajstić information content (AvgIpc) is 2.93. The highest BCUT2D eigenvalue weighted by Gasteiger charge is 2.37. The Bertz CT molecular complexity index is 669. The molecule has 0 saturated carbocycles. The molecule has 1 atom stereocenters. The Morgan fingerprint density at radius 2 is 1.62 bits per heavy atom. The molecule has 11 heteroatoms. The van der Waals surface area contributed by atoms with E-state index in [-0.39, 0.29) is 6.07 Å². The van der Waals surface area contributed by atoms with E-state index in [0.29, 0.717) is 31.5 Å². The van der Waals surface area contributed by atoms with Crippen molar-refractivity contribution in [2.75, 3.05) is 18.4 Å². The van der Waals surface area contributed by atoms with Crippen LogP contribution in [0, 0.1) is 0 Å². The number of benzene rings is 1. The standard InChI is InChI=1S/C15H14F6N2O3/c16-14(17,18)8-4-9(15(19,20)21)6-10(5-8)22-12(24)7-23-3-1-2-11(23)13(25)26/h4-6,11H,1-3,7H2,(H,22,24)(H,25,26)/t11-/m1/s1. The highest BCUT2D eigenvalue weighted by Crippen LogP contribution is 2.37. The topological polar surface area (TPSA) is 69.6 Å². The normalized spacial score (nSPS) is 18.8. The third kappa shape index (κ3) is 4.87. The zero-order valence-electron chi connectivity index (χ0n) is 13.1. The number of nitrogens with one attached hydrogen (secondary N) is 1. The molecule has 1 aromatic rings. The fourth-order valence-corrected chi connectivity index (χ4v) is 2.71. The summed E-state index contributed by atoms with van der Waals surface area (Å²) >= 11 is 0. The minimum atomic E-state index is -5.02. The van der Waals surface area contributed by atoms with Crippen LogP contribution in [-0.2, 0) is 21.9 Å². The Hall–Kier alpha value is -2.30. The van der Waals surface area contributed by atoms with E-state index in [1.165, 1.54) is 4.90 Å². The van der Waals surface area contributed by atoms with Gasteiger partial charge < -0.3 is 10.4 Å². The first kappa shape index (κ1) is 20.0. The number of anilines is 1. The molecule has 2 N–H and O–H groups in total. The lowest BCUT2D eigenvalue weighted by atomic mass is 10.1. The van der Waals surface area contributed by atoms with Crippen LogP contribution in [0.1, 0.15) is 24.0 Å². The van der Waals surface area contributed by atoms with Gasteiger partial charge in [-0.15, -0.1) is 0 Å². The minimum absolute atomic E-state index is 0.0451. The van der Waals surface area contributed by atoms with Crippen molar-refractivity contribution in [3.8, 4) is 0 Å². The second-order valence-corrected chi connectivity index (χ2v) is 5.81. The van der Waals surface area contributed by atoms with Crippen LogP contribution >= 0.6 is 0 Å².